The summed E-state index contributed by atoms with van der Waals surface area (Å²) in [4.78, 5) is 0. The first kappa shape index (κ1) is 6.45. The van der Waals surface area contributed by atoms with Crippen molar-refractivity contribution < 1.29 is 0 Å². The molecule has 0 rings (SSSR count). The first-order valence-corrected chi connectivity index (χ1v) is 2.44. The molecule has 1 N–H and O–H groups in total. The van der Waals surface area contributed by atoms with Crippen LogP contribution in [0.1, 0.15) is 13.8 Å². The molecule has 0 aliphatic rings. The van der Waals surface area contributed by atoms with Gasteiger partial charge in [0.2, 0.25) is 0 Å². The molecular weight excluding hydrogens is 88.1 g/mol. The van der Waals surface area contributed by atoms with Crippen LogP contribution in [0.5, 0.6) is 0 Å². The smallest absolute Gasteiger partial charge is 0.0924 e. The van der Waals surface area contributed by atoms with Crippen LogP contribution in [0.4, 0.5) is 0 Å². The summed E-state index contributed by atoms with van der Waals surface area (Å²) in [6.45, 7) is 4.69. The van der Waals surface area contributed by atoms with Gasteiger partial charge in [-0.2, -0.15) is 5.26 Å². The van der Waals surface area contributed by atoms with E-state index in [0.717, 1.165) is 6.54 Å². The van der Waals surface area contributed by atoms with E-state index in [4.69, 9.17) is 5.26 Å². The molecule has 0 aromatic heterocycles. The third-order valence-corrected chi connectivity index (χ3v) is 0.704. The van der Waals surface area contributed by atoms with Crippen LogP contribution >= 0.6 is 0 Å². The first-order valence-electron chi connectivity index (χ1n) is 2.44. The highest BCUT2D eigenvalue weighted by Crippen LogP contribution is 1.71. The molecule has 2 nitrogen and oxygen atoms in total. The highest BCUT2D eigenvalue weighted by Gasteiger charge is 1.90. The second kappa shape index (κ2) is 3.63. The second-order valence-electron chi connectivity index (χ2n) is 1.41. The quantitative estimate of drug-likeness (QED) is 0.546. The molecule has 0 amide bonds. The average Bonchev–Trinajstić information content (AvgIpc) is 1.68. The van der Waals surface area contributed by atoms with E-state index in [-0.39, 0.29) is 6.04 Å². The fraction of sp³-hybridized carbons (Fsp3) is 0.800. The Labute approximate surface area is 44.1 Å². The fourth-order valence-corrected chi connectivity index (χ4v) is 0.352. The summed E-state index contributed by atoms with van der Waals surface area (Å²) in [7, 11) is 0. The molecule has 2 heteroatoms. The molecule has 0 aromatic carbocycles. The highest BCUT2D eigenvalue weighted by atomic mass is 14.9. The van der Waals surface area contributed by atoms with E-state index in [9.17, 15) is 0 Å². The van der Waals surface area contributed by atoms with Crippen molar-refractivity contribution in [1.82, 2.24) is 5.32 Å². The largest absolute Gasteiger partial charge is 0.302 e. The average molecular weight is 98.1 g/mol. The van der Waals surface area contributed by atoms with E-state index >= 15 is 0 Å². The molecule has 0 radical (unpaired) electrons. The molecule has 0 fully saturated rings. The van der Waals surface area contributed by atoms with Gasteiger partial charge in [0.1, 0.15) is 0 Å². The van der Waals surface area contributed by atoms with Crippen molar-refractivity contribution in [2.45, 2.75) is 19.9 Å². The van der Waals surface area contributed by atoms with Crippen LogP contribution in [-0.4, -0.2) is 12.6 Å². The normalized spacial score (nSPS) is 12.7. The van der Waals surface area contributed by atoms with Crippen LogP contribution in [0, 0.1) is 11.3 Å². The zero-order valence-electron chi connectivity index (χ0n) is 4.73. The number of hydrogen-bond acceptors (Lipinski definition) is 2. The predicted molar refractivity (Wildman–Crippen MR) is 28.8 cm³/mol. The lowest BCUT2D eigenvalue weighted by Crippen LogP contribution is -2.23. The van der Waals surface area contributed by atoms with Gasteiger partial charge in [-0.15, -0.1) is 0 Å². The number of nitrogens with zero attached hydrogens (tertiary/aromatic N) is 1. The van der Waals surface area contributed by atoms with Crippen LogP contribution in [0.25, 0.3) is 0 Å². The maximum Gasteiger partial charge on any atom is 0.0924 e. The second-order valence-corrected chi connectivity index (χ2v) is 1.41. The number of nitriles is 1. The van der Waals surface area contributed by atoms with Crippen molar-refractivity contribution in [2.75, 3.05) is 6.54 Å². The fourth-order valence-electron chi connectivity index (χ4n) is 0.352. The molecule has 0 bridgehead atoms. The van der Waals surface area contributed by atoms with Crippen molar-refractivity contribution in [2.24, 2.45) is 0 Å². The lowest BCUT2D eigenvalue weighted by Gasteiger charge is -1.97. The predicted octanol–water partition coefficient (Wildman–Crippen LogP) is 0.508. The van der Waals surface area contributed by atoms with Crippen molar-refractivity contribution >= 4 is 0 Å². The van der Waals surface area contributed by atoms with Gasteiger partial charge in [-0.05, 0) is 13.5 Å². The highest BCUT2D eigenvalue weighted by molar-refractivity contribution is 4.84. The minimum absolute atomic E-state index is 0.00463. The van der Waals surface area contributed by atoms with E-state index in [2.05, 4.69) is 11.4 Å². The Morgan fingerprint density at radius 2 is 2.43 bits per heavy atom. The number of hydrogen-bond donors (Lipinski definition) is 1. The first-order chi connectivity index (χ1) is 3.31. The summed E-state index contributed by atoms with van der Waals surface area (Å²) in [5, 5.41) is 11.1. The monoisotopic (exact) mass is 98.1 g/mol. The Morgan fingerprint density at radius 3 is 2.57 bits per heavy atom. The summed E-state index contributed by atoms with van der Waals surface area (Å²) < 4.78 is 0. The summed E-state index contributed by atoms with van der Waals surface area (Å²) in [6, 6.07) is 2.06. The Bertz CT molecular complexity index is 72.6. The maximum absolute atomic E-state index is 8.15. The van der Waals surface area contributed by atoms with E-state index in [0.29, 0.717) is 0 Å². The van der Waals surface area contributed by atoms with E-state index in [1.165, 1.54) is 0 Å². The minimum Gasteiger partial charge on any atom is -0.302 e. The lowest BCUT2D eigenvalue weighted by molar-refractivity contribution is 0.670. The molecule has 1 atom stereocenters. The molecule has 0 unspecified atom stereocenters. The van der Waals surface area contributed by atoms with Crippen molar-refractivity contribution in [3.8, 4) is 6.07 Å². The van der Waals surface area contributed by atoms with Crippen LogP contribution in [0.15, 0.2) is 0 Å². The topological polar surface area (TPSA) is 35.8 Å². The SMILES string of the molecule is CCN[C@@H](C)C#N. The van der Waals surface area contributed by atoms with Gasteiger partial charge >= 0.3 is 0 Å². The van der Waals surface area contributed by atoms with E-state index in [1.54, 1.807) is 0 Å². The van der Waals surface area contributed by atoms with Gasteiger partial charge in [0.25, 0.3) is 0 Å². The summed E-state index contributed by atoms with van der Waals surface area (Å²) in [5.41, 5.74) is 0. The minimum atomic E-state index is 0.00463. The van der Waals surface area contributed by atoms with Crippen LogP contribution < -0.4 is 5.32 Å². The Hall–Kier alpha value is -0.550. The molecule has 40 valence electrons. The van der Waals surface area contributed by atoms with Crippen molar-refractivity contribution in [3.05, 3.63) is 0 Å². The third kappa shape index (κ3) is 3.28. The standard InChI is InChI=1S/C5H10N2/c1-3-7-5(2)4-6/h5,7H,3H2,1-2H3/t5-/m0/s1. The molecule has 0 heterocycles. The Morgan fingerprint density at radius 1 is 1.86 bits per heavy atom. The van der Waals surface area contributed by atoms with Crippen LogP contribution in [-0.2, 0) is 0 Å². The zero-order valence-corrected chi connectivity index (χ0v) is 4.73. The molecule has 0 saturated carbocycles. The van der Waals surface area contributed by atoms with Crippen LogP contribution in [0.3, 0.4) is 0 Å². The molecule has 0 aromatic rings. The molecule has 0 aliphatic heterocycles. The van der Waals surface area contributed by atoms with E-state index in [1.807, 2.05) is 13.8 Å². The van der Waals surface area contributed by atoms with Crippen LogP contribution in [0.2, 0.25) is 0 Å². The van der Waals surface area contributed by atoms with Gasteiger partial charge in [0.15, 0.2) is 0 Å². The lowest BCUT2D eigenvalue weighted by atomic mass is 10.4. The van der Waals surface area contributed by atoms with E-state index < -0.39 is 0 Å². The zero-order chi connectivity index (χ0) is 5.70. The Kier molecular flexibility index (Phi) is 3.35. The van der Waals surface area contributed by atoms with Crippen molar-refractivity contribution in [3.63, 3.8) is 0 Å². The van der Waals surface area contributed by atoms with Gasteiger partial charge in [-0.1, -0.05) is 6.92 Å². The molecular formula is C5H10N2. The maximum atomic E-state index is 8.15. The number of nitrogens with one attached hydrogen (secondary N) is 1. The number of rotatable bonds is 2. The van der Waals surface area contributed by atoms with Crippen molar-refractivity contribution in [1.29, 1.82) is 5.26 Å². The molecule has 0 aliphatic carbocycles. The van der Waals surface area contributed by atoms with Gasteiger partial charge in [0, 0.05) is 0 Å². The summed E-state index contributed by atoms with van der Waals surface area (Å²) >= 11 is 0. The van der Waals surface area contributed by atoms with Gasteiger partial charge < -0.3 is 5.32 Å². The van der Waals surface area contributed by atoms with Gasteiger partial charge in [-0.25, -0.2) is 0 Å². The summed E-state index contributed by atoms with van der Waals surface area (Å²) in [6.07, 6.45) is 0. The molecule has 0 saturated heterocycles. The molecule has 7 heavy (non-hydrogen) atoms. The van der Waals surface area contributed by atoms with Gasteiger partial charge in [0.05, 0.1) is 12.1 Å². The third-order valence-electron chi connectivity index (χ3n) is 0.704. The Balaban J connectivity index is 3.04. The molecule has 0 spiro atoms. The summed E-state index contributed by atoms with van der Waals surface area (Å²) in [5.74, 6) is 0. The van der Waals surface area contributed by atoms with Gasteiger partial charge in [-0.3, -0.25) is 0 Å².